The Balaban J connectivity index is 2.48. The first-order valence-corrected chi connectivity index (χ1v) is 5.40. The van der Waals surface area contributed by atoms with Crippen LogP contribution in [0.3, 0.4) is 0 Å². The molecule has 1 rings (SSSR count). The lowest BCUT2D eigenvalue weighted by atomic mass is 10.1. The van der Waals surface area contributed by atoms with Gasteiger partial charge in [0.25, 0.3) is 0 Å². The quantitative estimate of drug-likeness (QED) is 0.574. The lowest BCUT2D eigenvalue weighted by molar-refractivity contribution is -0.140. The number of hydrogen-bond donors (Lipinski definition) is 2. The van der Waals surface area contributed by atoms with Crippen molar-refractivity contribution in [3.05, 3.63) is 35.1 Å². The number of carbonyl (C=O) groups is 2. The Bertz CT molecular complexity index is 449. The zero-order valence-corrected chi connectivity index (χ0v) is 10.0. The number of nitrogens with one attached hydrogen (secondary N) is 1. The van der Waals surface area contributed by atoms with Crippen LogP contribution in [0.15, 0.2) is 18.2 Å². The first-order valence-electron chi connectivity index (χ1n) is 5.40. The molecule has 5 nitrogen and oxygen atoms in total. The van der Waals surface area contributed by atoms with E-state index in [1.54, 1.807) is 0 Å². The Morgan fingerprint density at radius 1 is 1.44 bits per heavy atom. The second-order valence-corrected chi connectivity index (χ2v) is 3.67. The molecule has 1 amide bonds. The molecule has 0 atom stereocenters. The second-order valence-electron chi connectivity index (χ2n) is 3.67. The van der Waals surface area contributed by atoms with Crippen LogP contribution in [-0.4, -0.2) is 25.5 Å². The maximum absolute atomic E-state index is 13.5. The van der Waals surface area contributed by atoms with E-state index in [0.717, 1.165) is 6.07 Å². The first-order chi connectivity index (χ1) is 8.54. The molecule has 0 aliphatic heterocycles. The van der Waals surface area contributed by atoms with Crippen LogP contribution in [0.1, 0.15) is 22.3 Å². The van der Waals surface area contributed by atoms with Crippen molar-refractivity contribution in [3.63, 3.8) is 0 Å². The number of benzene rings is 1. The maximum Gasteiger partial charge on any atom is 0.306 e. The third-order valence-electron chi connectivity index (χ3n) is 2.39. The lowest BCUT2D eigenvalue weighted by Gasteiger charge is -2.06. The van der Waals surface area contributed by atoms with Gasteiger partial charge in [-0.1, -0.05) is 6.07 Å². The van der Waals surface area contributed by atoms with E-state index in [2.05, 4.69) is 10.1 Å². The van der Waals surface area contributed by atoms with Crippen molar-refractivity contribution in [2.75, 3.05) is 13.7 Å². The van der Waals surface area contributed by atoms with Gasteiger partial charge in [0.2, 0.25) is 5.91 Å². The molecule has 0 heterocycles. The fourth-order valence-corrected chi connectivity index (χ4v) is 1.36. The summed E-state index contributed by atoms with van der Waals surface area (Å²) < 4.78 is 18.0. The van der Waals surface area contributed by atoms with E-state index < -0.39 is 11.7 Å². The highest BCUT2D eigenvalue weighted by atomic mass is 19.1. The minimum absolute atomic E-state index is 0.130. The number of methoxy groups -OCH3 is 1. The molecule has 0 unspecified atom stereocenters. The number of halogens is 1. The summed E-state index contributed by atoms with van der Waals surface area (Å²) in [5.41, 5.74) is 5.57. The first kappa shape index (κ1) is 14.1. The minimum atomic E-state index is -0.667. The summed E-state index contributed by atoms with van der Waals surface area (Å²) in [4.78, 5) is 21.6. The van der Waals surface area contributed by atoms with Gasteiger partial charge in [0.15, 0.2) is 0 Å². The molecule has 3 N–H and O–H groups in total. The van der Waals surface area contributed by atoms with Gasteiger partial charge in [-0.25, -0.2) is 4.39 Å². The van der Waals surface area contributed by atoms with Gasteiger partial charge in [-0.05, 0) is 12.1 Å². The van der Waals surface area contributed by atoms with Crippen LogP contribution in [0.25, 0.3) is 0 Å². The van der Waals surface area contributed by atoms with Gasteiger partial charge in [-0.3, -0.25) is 9.59 Å². The number of esters is 1. The molecule has 0 bridgehead atoms. The predicted molar refractivity (Wildman–Crippen MR) is 63.3 cm³/mol. The number of rotatable bonds is 6. The molecule has 0 saturated heterocycles. The summed E-state index contributed by atoms with van der Waals surface area (Å²) >= 11 is 0. The van der Waals surface area contributed by atoms with Crippen LogP contribution in [0, 0.1) is 5.82 Å². The minimum Gasteiger partial charge on any atom is -0.469 e. The summed E-state index contributed by atoms with van der Waals surface area (Å²) in [7, 11) is 1.31. The van der Waals surface area contributed by atoms with E-state index in [4.69, 9.17) is 5.73 Å². The topological polar surface area (TPSA) is 81.4 Å². The summed E-state index contributed by atoms with van der Waals surface area (Å²) in [5.74, 6) is -1.50. The van der Waals surface area contributed by atoms with E-state index >= 15 is 0 Å². The Labute approximate surface area is 104 Å². The van der Waals surface area contributed by atoms with E-state index in [1.807, 2.05) is 0 Å². The van der Waals surface area contributed by atoms with E-state index in [0.29, 0.717) is 12.1 Å². The molecular weight excluding hydrogens is 239 g/mol. The van der Waals surface area contributed by atoms with Crippen molar-refractivity contribution in [2.24, 2.45) is 5.73 Å². The SMILES string of the molecule is COC(=O)CCNCc1ccc(C(N)=O)cc1F. The van der Waals surface area contributed by atoms with Crippen LogP contribution in [0.5, 0.6) is 0 Å². The van der Waals surface area contributed by atoms with Crippen molar-refractivity contribution in [2.45, 2.75) is 13.0 Å². The molecule has 0 fully saturated rings. The third kappa shape index (κ3) is 4.14. The smallest absolute Gasteiger partial charge is 0.306 e. The molecule has 98 valence electrons. The van der Waals surface area contributed by atoms with Gasteiger partial charge < -0.3 is 15.8 Å². The number of amides is 1. The molecular formula is C12H15FN2O3. The highest BCUT2D eigenvalue weighted by molar-refractivity contribution is 5.92. The summed E-state index contributed by atoms with van der Waals surface area (Å²) in [5, 5.41) is 2.90. The highest BCUT2D eigenvalue weighted by Crippen LogP contribution is 2.10. The maximum atomic E-state index is 13.5. The van der Waals surface area contributed by atoms with Crippen LogP contribution < -0.4 is 11.1 Å². The number of carbonyl (C=O) groups excluding carboxylic acids is 2. The Hall–Kier alpha value is -1.95. The third-order valence-corrected chi connectivity index (χ3v) is 2.39. The highest BCUT2D eigenvalue weighted by Gasteiger charge is 2.07. The second kappa shape index (κ2) is 6.70. The van der Waals surface area contributed by atoms with Crippen molar-refractivity contribution < 1.29 is 18.7 Å². The van der Waals surface area contributed by atoms with E-state index in [9.17, 15) is 14.0 Å². The van der Waals surface area contributed by atoms with Crippen LogP contribution in [0.2, 0.25) is 0 Å². The van der Waals surface area contributed by atoms with Crippen LogP contribution in [0.4, 0.5) is 4.39 Å². The Morgan fingerprint density at radius 3 is 2.72 bits per heavy atom. The van der Waals surface area contributed by atoms with Gasteiger partial charge in [0.1, 0.15) is 5.82 Å². The van der Waals surface area contributed by atoms with E-state index in [-0.39, 0.29) is 24.5 Å². The normalized spacial score (nSPS) is 10.1. The lowest BCUT2D eigenvalue weighted by Crippen LogP contribution is -2.19. The van der Waals surface area contributed by atoms with Gasteiger partial charge in [-0.2, -0.15) is 0 Å². The average molecular weight is 254 g/mol. The van der Waals surface area contributed by atoms with Crippen molar-refractivity contribution in [3.8, 4) is 0 Å². The number of ether oxygens (including phenoxy) is 1. The van der Waals surface area contributed by atoms with Gasteiger partial charge in [-0.15, -0.1) is 0 Å². The van der Waals surface area contributed by atoms with Gasteiger partial charge >= 0.3 is 5.97 Å². The number of nitrogens with two attached hydrogens (primary N) is 1. The van der Waals surface area contributed by atoms with Crippen LogP contribution in [-0.2, 0) is 16.1 Å². The summed E-state index contributed by atoms with van der Waals surface area (Å²) in [6.45, 7) is 0.658. The summed E-state index contributed by atoms with van der Waals surface area (Å²) in [6.07, 6.45) is 0.220. The molecule has 0 aliphatic rings. The fourth-order valence-electron chi connectivity index (χ4n) is 1.36. The molecule has 1 aromatic rings. The van der Waals surface area contributed by atoms with Gasteiger partial charge in [0, 0.05) is 24.2 Å². The molecule has 1 aromatic carbocycles. The standard InChI is InChI=1S/C12H15FN2O3/c1-18-11(16)4-5-15-7-9-3-2-8(12(14)17)6-10(9)13/h2-3,6,15H,4-5,7H2,1H3,(H2,14,17). The molecule has 0 aromatic heterocycles. The molecule has 0 saturated carbocycles. The molecule has 6 heteroatoms. The van der Waals surface area contributed by atoms with Crippen LogP contribution >= 0.6 is 0 Å². The zero-order chi connectivity index (χ0) is 13.5. The molecule has 0 spiro atoms. The van der Waals surface area contributed by atoms with Crippen molar-refractivity contribution in [1.29, 1.82) is 0 Å². The Kier molecular flexibility index (Phi) is 5.26. The van der Waals surface area contributed by atoms with Gasteiger partial charge in [0.05, 0.1) is 13.5 Å². The zero-order valence-electron chi connectivity index (χ0n) is 10.0. The predicted octanol–water partition coefficient (Wildman–Crippen LogP) is 0.577. The molecule has 0 aliphatic carbocycles. The summed E-state index contributed by atoms with van der Waals surface area (Å²) in [6, 6.07) is 4.04. The van der Waals surface area contributed by atoms with E-state index in [1.165, 1.54) is 19.2 Å². The molecule has 18 heavy (non-hydrogen) atoms. The average Bonchev–Trinajstić information content (AvgIpc) is 2.35. The van der Waals surface area contributed by atoms with Crippen molar-refractivity contribution in [1.82, 2.24) is 5.32 Å². The van der Waals surface area contributed by atoms with Crippen molar-refractivity contribution >= 4 is 11.9 Å². The molecule has 0 radical (unpaired) electrons. The fraction of sp³-hybridized carbons (Fsp3) is 0.333. The number of hydrogen-bond acceptors (Lipinski definition) is 4. The monoisotopic (exact) mass is 254 g/mol. The largest absolute Gasteiger partial charge is 0.469 e. The number of primary amides is 1. The Morgan fingerprint density at radius 2 is 2.17 bits per heavy atom.